The maximum absolute atomic E-state index is 12.0. The van der Waals surface area contributed by atoms with Gasteiger partial charge in [-0.1, -0.05) is 17.3 Å². The zero-order valence-corrected chi connectivity index (χ0v) is 11.0. The summed E-state index contributed by atoms with van der Waals surface area (Å²) in [6, 6.07) is 9.13. The maximum atomic E-state index is 12.0. The molecule has 0 aliphatic carbocycles. The van der Waals surface area contributed by atoms with Crippen molar-refractivity contribution in [2.24, 2.45) is 0 Å². The number of anilines is 1. The molecule has 3 N–H and O–H groups in total. The van der Waals surface area contributed by atoms with Gasteiger partial charge in [0, 0.05) is 11.8 Å². The predicted octanol–water partition coefficient (Wildman–Crippen LogP) is 1.99. The number of aromatic nitrogens is 1. The Labute approximate surface area is 111 Å². The molecule has 0 aliphatic rings. The third kappa shape index (κ3) is 3.34. The van der Waals surface area contributed by atoms with Crippen LogP contribution in [-0.4, -0.2) is 11.1 Å². The zero-order chi connectivity index (χ0) is 13.8. The molecule has 2 aromatic rings. The molecule has 1 heterocycles. The van der Waals surface area contributed by atoms with E-state index in [1.807, 2.05) is 32.0 Å². The van der Waals surface area contributed by atoms with Crippen LogP contribution in [0.25, 0.3) is 0 Å². The van der Waals surface area contributed by atoms with Crippen molar-refractivity contribution in [3.8, 4) is 0 Å². The first-order valence-corrected chi connectivity index (χ1v) is 6.11. The van der Waals surface area contributed by atoms with E-state index in [0.29, 0.717) is 18.0 Å². The summed E-state index contributed by atoms with van der Waals surface area (Å²) in [5.74, 6) is 0.317. The number of aryl methyl sites for hydroxylation is 1. The minimum Gasteiger partial charge on any atom is -0.399 e. The average Bonchev–Trinajstić information content (AvgIpc) is 2.81. The summed E-state index contributed by atoms with van der Waals surface area (Å²) < 4.78 is 5.03. The highest BCUT2D eigenvalue weighted by Gasteiger charge is 2.15. The summed E-state index contributed by atoms with van der Waals surface area (Å²) in [5.41, 5.74) is 8.06. The van der Waals surface area contributed by atoms with E-state index in [-0.39, 0.29) is 11.8 Å². The average molecular weight is 259 g/mol. The van der Waals surface area contributed by atoms with Crippen molar-refractivity contribution in [3.63, 3.8) is 0 Å². The van der Waals surface area contributed by atoms with Crippen molar-refractivity contribution < 1.29 is 9.32 Å². The molecule has 1 atom stereocenters. The molecule has 1 amide bonds. The minimum atomic E-state index is -0.257. The topological polar surface area (TPSA) is 81.2 Å². The Morgan fingerprint density at radius 3 is 2.89 bits per heavy atom. The minimum absolute atomic E-state index is 0.0698. The molecule has 1 unspecified atom stereocenters. The molecule has 5 nitrogen and oxygen atoms in total. The normalized spacial score (nSPS) is 12.1. The van der Waals surface area contributed by atoms with Crippen molar-refractivity contribution in [2.75, 3.05) is 5.73 Å². The van der Waals surface area contributed by atoms with Crippen molar-refractivity contribution >= 4 is 11.6 Å². The molecule has 1 aromatic heterocycles. The van der Waals surface area contributed by atoms with Crippen LogP contribution in [0.4, 0.5) is 5.69 Å². The number of carbonyl (C=O) groups excluding carboxylic acids is 1. The number of nitrogen functional groups attached to an aromatic ring is 1. The molecule has 2 rings (SSSR count). The van der Waals surface area contributed by atoms with Gasteiger partial charge in [-0.15, -0.1) is 0 Å². The van der Waals surface area contributed by atoms with E-state index in [4.69, 9.17) is 10.3 Å². The quantitative estimate of drug-likeness (QED) is 0.823. The molecule has 0 saturated heterocycles. The van der Waals surface area contributed by atoms with Crippen LogP contribution in [0.1, 0.15) is 29.9 Å². The number of nitrogens with two attached hydrogens (primary N) is 1. The monoisotopic (exact) mass is 259 g/mol. The van der Waals surface area contributed by atoms with Gasteiger partial charge < -0.3 is 15.6 Å². The van der Waals surface area contributed by atoms with E-state index in [1.54, 1.807) is 12.1 Å². The number of amides is 1. The van der Waals surface area contributed by atoms with E-state index in [1.165, 1.54) is 0 Å². The van der Waals surface area contributed by atoms with E-state index in [9.17, 15) is 4.79 Å². The lowest BCUT2D eigenvalue weighted by Gasteiger charge is -2.12. The fourth-order valence-corrected chi connectivity index (χ4v) is 1.81. The molecular formula is C14H17N3O2. The molecule has 0 fully saturated rings. The van der Waals surface area contributed by atoms with Crippen molar-refractivity contribution in [1.29, 1.82) is 0 Å². The number of nitrogens with one attached hydrogen (secondary N) is 1. The molecule has 0 saturated carbocycles. The summed E-state index contributed by atoms with van der Waals surface area (Å²) >= 11 is 0. The largest absolute Gasteiger partial charge is 0.399 e. The maximum Gasteiger partial charge on any atom is 0.227 e. The number of hydrogen-bond donors (Lipinski definition) is 2. The SMILES string of the molecule is Cc1cc(CNC(=O)C(C)c2cccc(N)c2)on1. The summed E-state index contributed by atoms with van der Waals surface area (Å²) in [6.07, 6.45) is 0. The van der Waals surface area contributed by atoms with Gasteiger partial charge in [0.1, 0.15) is 0 Å². The second-order valence-corrected chi connectivity index (χ2v) is 4.54. The Morgan fingerprint density at radius 2 is 2.26 bits per heavy atom. The molecule has 0 radical (unpaired) electrons. The lowest BCUT2D eigenvalue weighted by molar-refractivity contribution is -0.122. The van der Waals surface area contributed by atoms with Gasteiger partial charge in [-0.05, 0) is 31.5 Å². The van der Waals surface area contributed by atoms with Gasteiger partial charge in [0.15, 0.2) is 5.76 Å². The molecule has 1 aromatic carbocycles. The van der Waals surface area contributed by atoms with Crippen molar-refractivity contribution in [2.45, 2.75) is 26.3 Å². The number of nitrogens with zero attached hydrogens (tertiary/aromatic N) is 1. The molecular weight excluding hydrogens is 242 g/mol. The van der Waals surface area contributed by atoms with Gasteiger partial charge in [0.05, 0.1) is 18.2 Å². The summed E-state index contributed by atoms with van der Waals surface area (Å²) in [6.45, 7) is 4.02. The molecule has 5 heteroatoms. The fraction of sp³-hybridized carbons (Fsp3) is 0.286. The van der Waals surface area contributed by atoms with Crippen LogP contribution in [0.5, 0.6) is 0 Å². The number of carbonyl (C=O) groups is 1. The zero-order valence-electron chi connectivity index (χ0n) is 11.0. The first-order valence-electron chi connectivity index (χ1n) is 6.11. The van der Waals surface area contributed by atoms with Crippen molar-refractivity contribution in [3.05, 3.63) is 47.3 Å². The third-order valence-electron chi connectivity index (χ3n) is 2.92. The van der Waals surface area contributed by atoms with Crippen LogP contribution in [-0.2, 0) is 11.3 Å². The lowest BCUT2D eigenvalue weighted by Crippen LogP contribution is -2.27. The van der Waals surface area contributed by atoms with E-state index >= 15 is 0 Å². The van der Waals surface area contributed by atoms with Crippen LogP contribution in [0, 0.1) is 6.92 Å². The van der Waals surface area contributed by atoms with Crippen LogP contribution in [0.15, 0.2) is 34.9 Å². The van der Waals surface area contributed by atoms with Gasteiger partial charge in [0.25, 0.3) is 0 Å². The standard InChI is InChI=1S/C14H17N3O2/c1-9-6-13(19-17-9)8-16-14(18)10(2)11-4-3-5-12(15)7-11/h3-7,10H,8,15H2,1-2H3,(H,16,18). The Morgan fingerprint density at radius 1 is 1.47 bits per heavy atom. The molecule has 19 heavy (non-hydrogen) atoms. The number of benzene rings is 1. The first kappa shape index (κ1) is 13.1. The highest BCUT2D eigenvalue weighted by atomic mass is 16.5. The number of hydrogen-bond acceptors (Lipinski definition) is 4. The van der Waals surface area contributed by atoms with Crippen LogP contribution in [0.3, 0.4) is 0 Å². The highest BCUT2D eigenvalue weighted by molar-refractivity contribution is 5.83. The van der Waals surface area contributed by atoms with Gasteiger partial charge in [-0.3, -0.25) is 4.79 Å². The van der Waals surface area contributed by atoms with E-state index in [0.717, 1.165) is 11.3 Å². The summed E-state index contributed by atoms with van der Waals surface area (Å²) in [7, 11) is 0. The highest BCUT2D eigenvalue weighted by Crippen LogP contribution is 2.18. The fourth-order valence-electron chi connectivity index (χ4n) is 1.81. The Hall–Kier alpha value is -2.30. The first-order chi connectivity index (χ1) is 9.06. The third-order valence-corrected chi connectivity index (χ3v) is 2.92. The molecule has 0 aliphatic heterocycles. The van der Waals surface area contributed by atoms with Crippen molar-refractivity contribution in [1.82, 2.24) is 10.5 Å². The molecule has 0 spiro atoms. The summed E-state index contributed by atoms with van der Waals surface area (Å²) in [4.78, 5) is 12.0. The van der Waals surface area contributed by atoms with Gasteiger partial charge in [-0.2, -0.15) is 0 Å². The van der Waals surface area contributed by atoms with Crippen LogP contribution < -0.4 is 11.1 Å². The van der Waals surface area contributed by atoms with E-state index in [2.05, 4.69) is 10.5 Å². The second kappa shape index (κ2) is 5.56. The number of rotatable bonds is 4. The van der Waals surface area contributed by atoms with Crippen LogP contribution in [0.2, 0.25) is 0 Å². The van der Waals surface area contributed by atoms with Gasteiger partial charge >= 0.3 is 0 Å². The Balaban J connectivity index is 1.96. The van der Waals surface area contributed by atoms with Crippen LogP contribution >= 0.6 is 0 Å². The Kier molecular flexibility index (Phi) is 3.85. The second-order valence-electron chi connectivity index (χ2n) is 4.54. The molecule has 100 valence electrons. The Bertz CT molecular complexity index is 578. The van der Waals surface area contributed by atoms with Gasteiger partial charge in [-0.25, -0.2) is 0 Å². The molecule has 0 bridgehead atoms. The van der Waals surface area contributed by atoms with E-state index < -0.39 is 0 Å². The lowest BCUT2D eigenvalue weighted by atomic mass is 10.00. The predicted molar refractivity (Wildman–Crippen MR) is 72.4 cm³/mol. The van der Waals surface area contributed by atoms with Gasteiger partial charge in [0.2, 0.25) is 5.91 Å². The smallest absolute Gasteiger partial charge is 0.227 e. The summed E-state index contributed by atoms with van der Waals surface area (Å²) in [5, 5.41) is 6.58.